The van der Waals surface area contributed by atoms with Gasteiger partial charge in [0.15, 0.2) is 0 Å². The second-order valence-electron chi connectivity index (χ2n) is 7.68. The van der Waals surface area contributed by atoms with Crippen molar-refractivity contribution in [2.24, 2.45) is 11.8 Å². The van der Waals surface area contributed by atoms with Gasteiger partial charge in [0.25, 0.3) is 0 Å². The Labute approximate surface area is 160 Å². The van der Waals surface area contributed by atoms with Crippen molar-refractivity contribution in [2.45, 2.75) is 32.5 Å². The number of ether oxygens (including phenoxy) is 1. The van der Waals surface area contributed by atoms with Crippen LogP contribution in [0.25, 0.3) is 0 Å². The van der Waals surface area contributed by atoms with Gasteiger partial charge in [-0.05, 0) is 42.5 Å². The maximum absolute atomic E-state index is 12.9. The summed E-state index contributed by atoms with van der Waals surface area (Å²) >= 11 is 0. The van der Waals surface area contributed by atoms with Crippen LogP contribution in [-0.2, 0) is 29.2 Å². The van der Waals surface area contributed by atoms with Crippen LogP contribution in [0.3, 0.4) is 0 Å². The summed E-state index contributed by atoms with van der Waals surface area (Å²) < 4.78 is 7.73. The van der Waals surface area contributed by atoms with E-state index in [0.29, 0.717) is 12.5 Å². The van der Waals surface area contributed by atoms with Gasteiger partial charge in [0, 0.05) is 70.2 Å². The smallest absolute Gasteiger partial charge is 0.226 e. The van der Waals surface area contributed by atoms with Crippen LogP contribution in [0, 0.1) is 11.8 Å². The lowest BCUT2D eigenvalue weighted by molar-refractivity contribution is -0.126. The predicted molar refractivity (Wildman–Crippen MR) is 103 cm³/mol. The highest BCUT2D eigenvalue weighted by Crippen LogP contribution is 2.22. The lowest BCUT2D eigenvalue weighted by Gasteiger charge is -2.30. The summed E-state index contributed by atoms with van der Waals surface area (Å²) in [5.74, 6) is 0.743. The first-order valence-electron chi connectivity index (χ1n) is 9.88. The fourth-order valence-electron chi connectivity index (χ4n) is 4.11. The van der Waals surface area contributed by atoms with Crippen LogP contribution in [0.2, 0.25) is 0 Å². The molecule has 0 saturated carbocycles. The van der Waals surface area contributed by atoms with E-state index < -0.39 is 0 Å². The second kappa shape index (κ2) is 8.67. The average Bonchev–Trinajstić information content (AvgIpc) is 3.06. The summed E-state index contributed by atoms with van der Waals surface area (Å²) in [5, 5.41) is 3.10. The first kappa shape index (κ1) is 18.2. The third-order valence-electron chi connectivity index (χ3n) is 5.62. The standard InChI is InChI=1S/C21H28N4O2/c26-21(23-12-18-3-1-7-22-11-18)19-14-24(13-17-5-9-27-10-6-17)16-20-4-2-8-25(20)15-19/h1-4,7-8,11,17,19H,5-6,9-10,12-16H2,(H,23,26)/t19-/m1/s1. The molecule has 1 saturated heterocycles. The molecule has 0 aliphatic carbocycles. The SMILES string of the molecule is O=C(NCc1cccnc1)[C@@H]1CN(CC2CCOCC2)Cc2cccn2C1. The van der Waals surface area contributed by atoms with E-state index in [1.807, 2.05) is 12.1 Å². The van der Waals surface area contributed by atoms with E-state index in [1.165, 1.54) is 5.69 Å². The zero-order chi connectivity index (χ0) is 18.5. The summed E-state index contributed by atoms with van der Waals surface area (Å²) in [6.07, 6.45) is 7.88. The molecule has 1 N–H and O–H groups in total. The molecule has 2 aliphatic heterocycles. The van der Waals surface area contributed by atoms with E-state index in [2.05, 4.69) is 38.1 Å². The Morgan fingerprint density at radius 3 is 2.93 bits per heavy atom. The number of aromatic nitrogens is 2. The number of nitrogens with one attached hydrogen (secondary N) is 1. The summed E-state index contributed by atoms with van der Waals surface area (Å²) in [7, 11) is 0. The maximum Gasteiger partial charge on any atom is 0.226 e. The molecule has 0 aromatic carbocycles. The first-order valence-corrected chi connectivity index (χ1v) is 9.88. The van der Waals surface area contributed by atoms with Crippen molar-refractivity contribution in [3.63, 3.8) is 0 Å². The third kappa shape index (κ3) is 4.76. The molecule has 2 aromatic heterocycles. The Kier molecular flexibility index (Phi) is 5.84. The van der Waals surface area contributed by atoms with Gasteiger partial charge in [-0.3, -0.25) is 14.7 Å². The molecule has 0 radical (unpaired) electrons. The molecule has 1 amide bonds. The number of nitrogens with zero attached hydrogens (tertiary/aromatic N) is 3. The molecule has 4 rings (SSSR count). The van der Waals surface area contributed by atoms with Gasteiger partial charge < -0.3 is 14.6 Å². The summed E-state index contributed by atoms with van der Waals surface area (Å²) in [5.41, 5.74) is 2.32. The number of pyridine rings is 1. The Hall–Kier alpha value is -2.18. The minimum atomic E-state index is -0.0461. The molecule has 1 atom stereocenters. The van der Waals surface area contributed by atoms with Gasteiger partial charge in [-0.1, -0.05) is 6.07 Å². The summed E-state index contributed by atoms with van der Waals surface area (Å²) in [6, 6.07) is 8.14. The normalized spacial score (nSPS) is 21.4. The lowest BCUT2D eigenvalue weighted by atomic mass is 9.99. The first-order chi connectivity index (χ1) is 13.3. The van der Waals surface area contributed by atoms with Gasteiger partial charge in [0.1, 0.15) is 0 Å². The van der Waals surface area contributed by atoms with E-state index in [-0.39, 0.29) is 11.8 Å². The van der Waals surface area contributed by atoms with Crippen LogP contribution in [0.15, 0.2) is 42.9 Å². The minimum absolute atomic E-state index is 0.0461. The molecule has 0 spiro atoms. The van der Waals surface area contributed by atoms with Gasteiger partial charge >= 0.3 is 0 Å². The number of carbonyl (C=O) groups excluding carboxylic acids is 1. The van der Waals surface area contributed by atoms with E-state index in [0.717, 1.165) is 57.8 Å². The summed E-state index contributed by atoms with van der Waals surface area (Å²) in [4.78, 5) is 19.5. The molecule has 6 heteroatoms. The second-order valence-corrected chi connectivity index (χ2v) is 7.68. The van der Waals surface area contributed by atoms with Crippen molar-refractivity contribution in [3.05, 3.63) is 54.1 Å². The lowest BCUT2D eigenvalue weighted by Crippen LogP contribution is -2.40. The quantitative estimate of drug-likeness (QED) is 0.878. The van der Waals surface area contributed by atoms with Crippen molar-refractivity contribution in [3.8, 4) is 0 Å². The molecule has 0 bridgehead atoms. The van der Waals surface area contributed by atoms with Crippen molar-refractivity contribution >= 4 is 5.91 Å². The third-order valence-corrected chi connectivity index (χ3v) is 5.62. The number of carbonyl (C=O) groups is 1. The highest BCUT2D eigenvalue weighted by atomic mass is 16.5. The molecule has 4 heterocycles. The number of fused-ring (bicyclic) bond motifs is 1. The maximum atomic E-state index is 12.9. The minimum Gasteiger partial charge on any atom is -0.381 e. The number of amides is 1. The molecule has 144 valence electrons. The van der Waals surface area contributed by atoms with Gasteiger partial charge in [-0.2, -0.15) is 0 Å². The number of rotatable bonds is 5. The zero-order valence-electron chi connectivity index (χ0n) is 15.7. The van der Waals surface area contributed by atoms with Crippen molar-refractivity contribution in [2.75, 3.05) is 26.3 Å². The Morgan fingerprint density at radius 2 is 2.11 bits per heavy atom. The highest BCUT2D eigenvalue weighted by molar-refractivity contribution is 5.78. The van der Waals surface area contributed by atoms with E-state index >= 15 is 0 Å². The average molecular weight is 368 g/mol. The predicted octanol–water partition coefficient (Wildman–Crippen LogP) is 2.06. The Morgan fingerprint density at radius 1 is 1.22 bits per heavy atom. The van der Waals surface area contributed by atoms with E-state index in [1.54, 1.807) is 12.4 Å². The van der Waals surface area contributed by atoms with Crippen LogP contribution in [0.1, 0.15) is 24.1 Å². The Balaban J connectivity index is 1.41. The van der Waals surface area contributed by atoms with Crippen LogP contribution in [0.4, 0.5) is 0 Å². The van der Waals surface area contributed by atoms with E-state index in [9.17, 15) is 4.79 Å². The monoisotopic (exact) mass is 368 g/mol. The molecule has 27 heavy (non-hydrogen) atoms. The Bertz CT molecular complexity index is 740. The fraction of sp³-hybridized carbons (Fsp3) is 0.524. The van der Waals surface area contributed by atoms with Gasteiger partial charge in [0.2, 0.25) is 5.91 Å². The molecular formula is C21H28N4O2. The largest absolute Gasteiger partial charge is 0.381 e. The molecule has 0 unspecified atom stereocenters. The molecule has 1 fully saturated rings. The van der Waals surface area contributed by atoms with E-state index in [4.69, 9.17) is 4.74 Å². The van der Waals surface area contributed by atoms with Crippen LogP contribution < -0.4 is 5.32 Å². The molecule has 2 aromatic rings. The van der Waals surface area contributed by atoms with Gasteiger partial charge in [-0.15, -0.1) is 0 Å². The van der Waals surface area contributed by atoms with Gasteiger partial charge in [-0.25, -0.2) is 0 Å². The topological polar surface area (TPSA) is 59.4 Å². The van der Waals surface area contributed by atoms with Crippen LogP contribution in [-0.4, -0.2) is 46.7 Å². The van der Waals surface area contributed by atoms with Crippen molar-refractivity contribution in [1.29, 1.82) is 0 Å². The number of hydrogen-bond donors (Lipinski definition) is 1. The molecule has 2 aliphatic rings. The number of hydrogen-bond acceptors (Lipinski definition) is 4. The van der Waals surface area contributed by atoms with Crippen LogP contribution in [0.5, 0.6) is 0 Å². The fourth-order valence-corrected chi connectivity index (χ4v) is 4.11. The van der Waals surface area contributed by atoms with Gasteiger partial charge in [0.05, 0.1) is 5.92 Å². The van der Waals surface area contributed by atoms with Crippen molar-refractivity contribution in [1.82, 2.24) is 19.8 Å². The van der Waals surface area contributed by atoms with Crippen LogP contribution >= 0.6 is 0 Å². The highest BCUT2D eigenvalue weighted by Gasteiger charge is 2.28. The zero-order valence-corrected chi connectivity index (χ0v) is 15.7. The molecule has 6 nitrogen and oxygen atoms in total. The van der Waals surface area contributed by atoms with Crippen molar-refractivity contribution < 1.29 is 9.53 Å². The summed E-state index contributed by atoms with van der Waals surface area (Å²) in [6.45, 7) is 5.76. The molecular weight excluding hydrogens is 340 g/mol.